The van der Waals surface area contributed by atoms with Gasteiger partial charge in [-0.05, 0) is 77.0 Å². The van der Waals surface area contributed by atoms with Gasteiger partial charge in [0.25, 0.3) is 0 Å². The fourth-order valence-corrected chi connectivity index (χ4v) is 6.35. The maximum atomic E-state index is 12.8. The van der Waals surface area contributed by atoms with Crippen molar-refractivity contribution in [3.05, 3.63) is 0 Å². The van der Waals surface area contributed by atoms with E-state index in [-0.39, 0.29) is 41.5 Å². The molecule has 4 saturated carbocycles. The number of amides is 2. The minimum Gasteiger partial charge on any atom is -0.469 e. The van der Waals surface area contributed by atoms with Crippen LogP contribution in [0.15, 0.2) is 0 Å². The standard InChI is InChI=1S/C22H34N2O6/c1-21(2,3)30-19(26)23-16-5-6-24(12-16)20(27)29-17-14-7-13-8-15(17)11-22(9-13,10-14)18(25)28-4/h13-17H,5-12H2,1-4H3,(H,23,26)/t13?,14-,15-,16?,17?,22?/m0/s1. The van der Waals surface area contributed by atoms with Gasteiger partial charge in [0.1, 0.15) is 11.7 Å². The first-order chi connectivity index (χ1) is 14.1. The smallest absolute Gasteiger partial charge is 0.410 e. The normalized spacial score (nSPS) is 37.1. The zero-order valence-electron chi connectivity index (χ0n) is 18.4. The molecule has 1 aliphatic heterocycles. The van der Waals surface area contributed by atoms with Crippen molar-refractivity contribution in [1.82, 2.24) is 10.2 Å². The van der Waals surface area contributed by atoms with Crippen LogP contribution in [0.25, 0.3) is 0 Å². The zero-order valence-corrected chi connectivity index (χ0v) is 18.4. The van der Waals surface area contributed by atoms with E-state index in [4.69, 9.17) is 14.2 Å². The van der Waals surface area contributed by atoms with Crippen LogP contribution in [0.4, 0.5) is 9.59 Å². The molecule has 5 rings (SSSR count). The average molecular weight is 423 g/mol. The molecule has 0 spiro atoms. The minimum absolute atomic E-state index is 0.0951. The molecule has 0 aromatic heterocycles. The summed E-state index contributed by atoms with van der Waals surface area (Å²) in [5, 5.41) is 2.84. The number of methoxy groups -OCH3 is 1. The molecule has 8 nitrogen and oxygen atoms in total. The van der Waals surface area contributed by atoms with Crippen LogP contribution < -0.4 is 5.32 Å². The number of likely N-dealkylation sites (tertiary alicyclic amines) is 1. The second kappa shape index (κ2) is 7.61. The highest BCUT2D eigenvalue weighted by molar-refractivity contribution is 5.77. The summed E-state index contributed by atoms with van der Waals surface area (Å²) in [7, 11) is 1.47. The van der Waals surface area contributed by atoms with E-state index in [1.54, 1.807) is 4.90 Å². The first-order valence-electron chi connectivity index (χ1n) is 11.1. The van der Waals surface area contributed by atoms with Crippen molar-refractivity contribution in [3.63, 3.8) is 0 Å². The molecule has 1 N–H and O–H groups in total. The van der Waals surface area contributed by atoms with Crippen molar-refractivity contribution in [1.29, 1.82) is 0 Å². The number of carbonyl (C=O) groups is 3. The molecule has 8 heteroatoms. The second-order valence-electron chi connectivity index (χ2n) is 10.7. The third kappa shape index (κ3) is 4.10. The monoisotopic (exact) mass is 422 g/mol. The van der Waals surface area contributed by atoms with Gasteiger partial charge in [-0.15, -0.1) is 0 Å². The van der Waals surface area contributed by atoms with Gasteiger partial charge in [0.15, 0.2) is 0 Å². The lowest BCUT2D eigenvalue weighted by Gasteiger charge is -2.57. The summed E-state index contributed by atoms with van der Waals surface area (Å²) in [6.45, 7) is 6.44. The molecule has 0 aromatic carbocycles. The molecule has 2 amide bonds. The molecular formula is C22H34N2O6. The Morgan fingerprint density at radius 2 is 1.73 bits per heavy atom. The molecule has 0 aromatic rings. The molecule has 1 heterocycles. The molecule has 5 aliphatic rings. The average Bonchev–Trinajstić information content (AvgIpc) is 3.10. The molecule has 1 unspecified atom stereocenters. The fraction of sp³-hybridized carbons (Fsp3) is 0.864. The summed E-state index contributed by atoms with van der Waals surface area (Å²) in [5.74, 6) is 0.906. The van der Waals surface area contributed by atoms with Crippen molar-refractivity contribution >= 4 is 18.2 Å². The fourth-order valence-electron chi connectivity index (χ4n) is 6.35. The lowest BCUT2D eigenvalue weighted by atomic mass is 9.48. The van der Waals surface area contributed by atoms with Gasteiger partial charge < -0.3 is 24.4 Å². The van der Waals surface area contributed by atoms with E-state index in [1.807, 2.05) is 20.8 Å². The largest absolute Gasteiger partial charge is 0.469 e. The van der Waals surface area contributed by atoms with Gasteiger partial charge >= 0.3 is 18.2 Å². The summed E-state index contributed by atoms with van der Waals surface area (Å²) >= 11 is 0. The summed E-state index contributed by atoms with van der Waals surface area (Å²) in [6, 6.07) is -0.131. The van der Waals surface area contributed by atoms with Gasteiger partial charge in [0, 0.05) is 13.1 Å². The molecule has 1 saturated heterocycles. The molecule has 5 fully saturated rings. The highest BCUT2D eigenvalue weighted by atomic mass is 16.6. The number of ether oxygens (including phenoxy) is 3. The van der Waals surface area contributed by atoms with E-state index in [2.05, 4.69) is 5.32 Å². The van der Waals surface area contributed by atoms with E-state index in [0.717, 1.165) is 32.1 Å². The van der Waals surface area contributed by atoms with Crippen molar-refractivity contribution in [2.75, 3.05) is 20.2 Å². The van der Waals surface area contributed by atoms with Gasteiger partial charge in [-0.3, -0.25) is 4.79 Å². The van der Waals surface area contributed by atoms with Gasteiger partial charge in [0.2, 0.25) is 0 Å². The van der Waals surface area contributed by atoms with Crippen LogP contribution >= 0.6 is 0 Å². The molecule has 168 valence electrons. The van der Waals surface area contributed by atoms with E-state index < -0.39 is 11.7 Å². The van der Waals surface area contributed by atoms with Crippen molar-refractivity contribution in [3.8, 4) is 0 Å². The molecule has 0 radical (unpaired) electrons. The molecule has 30 heavy (non-hydrogen) atoms. The van der Waals surface area contributed by atoms with Crippen LogP contribution in [0.3, 0.4) is 0 Å². The van der Waals surface area contributed by atoms with Gasteiger partial charge in [0.05, 0.1) is 18.6 Å². The summed E-state index contributed by atoms with van der Waals surface area (Å²) in [6.07, 6.45) is 4.26. The SMILES string of the molecule is COC(=O)C12CC3C[C@@H](C1)C(OC(=O)N1CCC(NC(=O)OC(C)(C)C)C1)[C@@H](C3)C2. The number of nitrogens with one attached hydrogen (secondary N) is 1. The quantitative estimate of drug-likeness (QED) is 0.555. The van der Waals surface area contributed by atoms with E-state index in [0.29, 0.717) is 25.4 Å². The predicted molar refractivity (Wildman–Crippen MR) is 108 cm³/mol. The molecule has 4 bridgehead atoms. The van der Waals surface area contributed by atoms with Crippen molar-refractivity contribution in [2.24, 2.45) is 23.2 Å². The lowest BCUT2D eigenvalue weighted by Crippen LogP contribution is -2.58. The Kier molecular flexibility index (Phi) is 5.39. The van der Waals surface area contributed by atoms with Gasteiger partial charge in [-0.1, -0.05) is 0 Å². The number of hydrogen-bond donors (Lipinski definition) is 1. The minimum atomic E-state index is -0.553. The summed E-state index contributed by atoms with van der Waals surface area (Å²) in [4.78, 5) is 38.9. The van der Waals surface area contributed by atoms with E-state index in [9.17, 15) is 14.4 Å². The highest BCUT2D eigenvalue weighted by Crippen LogP contribution is 2.61. The predicted octanol–water partition coefficient (Wildman–Crippen LogP) is 3.09. The summed E-state index contributed by atoms with van der Waals surface area (Å²) in [5.41, 5.74) is -0.924. The first kappa shape index (κ1) is 21.2. The Morgan fingerprint density at radius 1 is 1.07 bits per heavy atom. The molecular weight excluding hydrogens is 388 g/mol. The Bertz CT molecular complexity index is 701. The maximum Gasteiger partial charge on any atom is 0.410 e. The Hall–Kier alpha value is -1.99. The van der Waals surface area contributed by atoms with Crippen LogP contribution in [0.1, 0.15) is 59.3 Å². The topological polar surface area (TPSA) is 94.2 Å². The van der Waals surface area contributed by atoms with Crippen LogP contribution in [-0.4, -0.2) is 61.0 Å². The third-order valence-corrected chi connectivity index (χ3v) is 7.21. The lowest BCUT2D eigenvalue weighted by molar-refractivity contribution is -0.182. The van der Waals surface area contributed by atoms with E-state index >= 15 is 0 Å². The van der Waals surface area contributed by atoms with Crippen LogP contribution in [0, 0.1) is 23.2 Å². The molecule has 3 atom stereocenters. The summed E-state index contributed by atoms with van der Waals surface area (Å²) < 4.78 is 16.4. The Balaban J connectivity index is 1.31. The van der Waals surface area contributed by atoms with Crippen molar-refractivity contribution < 1.29 is 28.6 Å². The zero-order chi connectivity index (χ0) is 21.7. The van der Waals surface area contributed by atoms with Crippen LogP contribution in [0.2, 0.25) is 0 Å². The highest BCUT2D eigenvalue weighted by Gasteiger charge is 2.60. The number of alkyl carbamates (subject to hydrolysis) is 1. The van der Waals surface area contributed by atoms with Gasteiger partial charge in [-0.2, -0.15) is 0 Å². The maximum absolute atomic E-state index is 12.8. The number of hydrogen-bond acceptors (Lipinski definition) is 6. The van der Waals surface area contributed by atoms with Crippen LogP contribution in [0.5, 0.6) is 0 Å². The number of carbonyl (C=O) groups excluding carboxylic acids is 3. The van der Waals surface area contributed by atoms with E-state index in [1.165, 1.54) is 7.11 Å². The van der Waals surface area contributed by atoms with Gasteiger partial charge in [-0.25, -0.2) is 9.59 Å². The number of rotatable bonds is 3. The number of esters is 1. The number of nitrogens with zero attached hydrogens (tertiary/aromatic N) is 1. The first-order valence-corrected chi connectivity index (χ1v) is 11.1. The Labute approximate surface area is 178 Å². The second-order valence-corrected chi connectivity index (χ2v) is 10.7. The van der Waals surface area contributed by atoms with Crippen LogP contribution in [-0.2, 0) is 19.0 Å². The molecule has 4 aliphatic carbocycles. The Morgan fingerprint density at radius 3 is 2.33 bits per heavy atom. The van der Waals surface area contributed by atoms with Crippen molar-refractivity contribution in [2.45, 2.75) is 77.0 Å². The third-order valence-electron chi connectivity index (χ3n) is 7.21.